The van der Waals surface area contributed by atoms with Crippen LogP contribution in [0.15, 0.2) is 90.0 Å². The maximum atomic E-state index is 13.1. The largest absolute Gasteiger partial charge is 0.338 e. The van der Waals surface area contributed by atoms with Crippen molar-refractivity contribution < 1.29 is 0 Å². The molecule has 0 fully saturated rings. The molecule has 0 bridgehead atoms. The quantitative estimate of drug-likeness (QED) is 0.440. The van der Waals surface area contributed by atoms with Crippen LogP contribution in [0.5, 0.6) is 0 Å². The summed E-state index contributed by atoms with van der Waals surface area (Å²) in [6.45, 7) is 1.92. The fraction of sp³-hybridized carbons (Fsp3) is 0.0385. The van der Waals surface area contributed by atoms with Crippen LogP contribution in [0.3, 0.4) is 0 Å². The molecule has 0 aliphatic heterocycles. The Labute approximate surface area is 188 Å². The third-order valence-electron chi connectivity index (χ3n) is 5.54. The Morgan fingerprint density at radius 3 is 2.58 bits per heavy atom. The van der Waals surface area contributed by atoms with Gasteiger partial charge in [0.05, 0.1) is 16.9 Å². The first-order valence-electron chi connectivity index (χ1n) is 10.5. The van der Waals surface area contributed by atoms with Crippen LogP contribution in [-0.2, 0) is 0 Å². The molecule has 6 rings (SSSR count). The van der Waals surface area contributed by atoms with E-state index in [1.54, 1.807) is 16.9 Å². The number of aryl methyl sites for hydroxylation is 1. The van der Waals surface area contributed by atoms with Crippen LogP contribution in [0.25, 0.3) is 50.4 Å². The average Bonchev–Trinajstić information content (AvgIpc) is 3.29. The van der Waals surface area contributed by atoms with Gasteiger partial charge in [-0.1, -0.05) is 42.5 Å². The van der Waals surface area contributed by atoms with Crippen LogP contribution in [0.1, 0.15) is 5.69 Å². The van der Waals surface area contributed by atoms with Gasteiger partial charge in [0.1, 0.15) is 5.69 Å². The van der Waals surface area contributed by atoms with Crippen molar-refractivity contribution in [2.45, 2.75) is 6.92 Å². The van der Waals surface area contributed by atoms with E-state index in [-0.39, 0.29) is 10.9 Å². The van der Waals surface area contributed by atoms with Crippen molar-refractivity contribution in [3.63, 3.8) is 0 Å². The van der Waals surface area contributed by atoms with Gasteiger partial charge in [0.15, 0.2) is 17.0 Å². The van der Waals surface area contributed by atoms with Crippen LogP contribution in [0, 0.1) is 6.92 Å². The number of benzene rings is 2. The van der Waals surface area contributed by atoms with Crippen LogP contribution in [0.4, 0.5) is 0 Å². The second-order valence-corrected chi connectivity index (χ2v) is 7.82. The molecular weight excluding hydrogens is 412 g/mol. The van der Waals surface area contributed by atoms with E-state index in [2.05, 4.69) is 15.1 Å². The minimum absolute atomic E-state index is 0.193. The Morgan fingerprint density at radius 1 is 0.879 bits per heavy atom. The molecule has 4 heterocycles. The van der Waals surface area contributed by atoms with Crippen molar-refractivity contribution in [3.8, 4) is 28.3 Å². The van der Waals surface area contributed by atoms with E-state index in [4.69, 9.17) is 9.97 Å². The Kier molecular flexibility index (Phi) is 4.33. The van der Waals surface area contributed by atoms with E-state index >= 15 is 0 Å². The highest BCUT2D eigenvalue weighted by Gasteiger charge is 2.17. The molecule has 7 heteroatoms. The lowest BCUT2D eigenvalue weighted by Gasteiger charge is -2.11. The lowest BCUT2D eigenvalue weighted by atomic mass is 10.1. The highest BCUT2D eigenvalue weighted by atomic mass is 16.1. The maximum Gasteiger partial charge on any atom is 0.210 e. The molecule has 0 aliphatic carbocycles. The first-order chi connectivity index (χ1) is 16.2. The monoisotopic (exact) mass is 430 g/mol. The summed E-state index contributed by atoms with van der Waals surface area (Å²) in [5, 5.41) is 5.53. The molecule has 1 N–H and O–H groups in total. The topological polar surface area (TPSA) is 89.4 Å². The third-order valence-corrected chi connectivity index (χ3v) is 5.54. The van der Waals surface area contributed by atoms with Gasteiger partial charge >= 0.3 is 0 Å². The molecule has 0 saturated carbocycles. The summed E-state index contributed by atoms with van der Waals surface area (Å²) in [7, 11) is 0. The molecule has 7 nitrogen and oxygen atoms in total. The van der Waals surface area contributed by atoms with Gasteiger partial charge in [-0.15, -0.1) is 0 Å². The summed E-state index contributed by atoms with van der Waals surface area (Å²) in [6, 6.07) is 22.9. The molecule has 0 radical (unpaired) electrons. The number of aromatic amines is 1. The molecule has 158 valence electrons. The van der Waals surface area contributed by atoms with Crippen molar-refractivity contribution in [2.75, 3.05) is 0 Å². The zero-order valence-electron chi connectivity index (χ0n) is 17.7. The predicted octanol–water partition coefficient (Wildman–Crippen LogP) is 4.69. The third kappa shape index (κ3) is 3.36. The molecule has 33 heavy (non-hydrogen) atoms. The van der Waals surface area contributed by atoms with Crippen molar-refractivity contribution in [1.82, 2.24) is 29.7 Å². The number of aromatic nitrogens is 6. The maximum absolute atomic E-state index is 13.1. The standard InChI is InChI=1S/C26H18N6O/c1-16-11-13-32(31-16)26-23(19-9-10-20-18(14-19)8-5-12-27-20)29-24-22(33)15-21(28-25(24)30-26)17-6-3-2-4-7-17/h2-15H,1H3,(H,28,30,33). The molecule has 0 amide bonds. The first-order valence-corrected chi connectivity index (χ1v) is 10.5. The summed E-state index contributed by atoms with van der Waals surface area (Å²) < 4.78 is 1.69. The lowest BCUT2D eigenvalue weighted by molar-refractivity contribution is 0.832. The van der Waals surface area contributed by atoms with Gasteiger partial charge in [-0.05, 0) is 36.8 Å². The summed E-state index contributed by atoms with van der Waals surface area (Å²) in [4.78, 5) is 30.4. The van der Waals surface area contributed by atoms with Crippen LogP contribution in [-0.4, -0.2) is 29.7 Å². The molecule has 0 unspecified atom stereocenters. The Bertz CT molecular complexity index is 1700. The van der Waals surface area contributed by atoms with Gasteiger partial charge in [-0.2, -0.15) is 5.10 Å². The molecule has 0 saturated heterocycles. The number of rotatable bonds is 3. The minimum Gasteiger partial charge on any atom is -0.338 e. The number of hydrogen-bond donors (Lipinski definition) is 1. The number of nitrogens with one attached hydrogen (secondary N) is 1. The SMILES string of the molecule is Cc1ccn(-c2nc3[nH]c(-c4ccccc4)cc(=O)c3nc2-c2ccc3ncccc3c2)n1. The summed E-state index contributed by atoms with van der Waals surface area (Å²) in [5.74, 6) is 0.541. The molecular formula is C26H18N6O. The highest BCUT2D eigenvalue weighted by molar-refractivity contribution is 5.87. The van der Waals surface area contributed by atoms with E-state index in [9.17, 15) is 4.79 Å². The fourth-order valence-electron chi connectivity index (χ4n) is 3.93. The molecule has 6 aromatic rings. The second-order valence-electron chi connectivity index (χ2n) is 7.82. The number of hydrogen-bond acceptors (Lipinski definition) is 5. The molecule has 0 aliphatic rings. The molecule has 0 spiro atoms. The van der Waals surface area contributed by atoms with Gasteiger partial charge in [-0.25, -0.2) is 14.6 Å². The van der Waals surface area contributed by atoms with Crippen LogP contribution in [0.2, 0.25) is 0 Å². The Balaban J connectivity index is 1.63. The van der Waals surface area contributed by atoms with Crippen molar-refractivity contribution in [3.05, 3.63) is 101 Å². The van der Waals surface area contributed by atoms with Crippen LogP contribution < -0.4 is 5.43 Å². The Morgan fingerprint density at radius 2 is 1.76 bits per heavy atom. The van der Waals surface area contributed by atoms with E-state index in [0.717, 1.165) is 27.7 Å². The predicted molar refractivity (Wildman–Crippen MR) is 128 cm³/mol. The first kappa shape index (κ1) is 19.1. The van der Waals surface area contributed by atoms with E-state index in [1.165, 1.54) is 0 Å². The van der Waals surface area contributed by atoms with Gasteiger partial charge in [0.2, 0.25) is 5.43 Å². The Hall–Kier alpha value is -4.65. The smallest absolute Gasteiger partial charge is 0.210 e. The summed E-state index contributed by atoms with van der Waals surface area (Å²) in [6.07, 6.45) is 3.61. The van der Waals surface area contributed by atoms with Crippen molar-refractivity contribution in [2.24, 2.45) is 0 Å². The van der Waals surface area contributed by atoms with E-state index in [1.807, 2.05) is 79.9 Å². The molecule has 0 atom stereocenters. The van der Waals surface area contributed by atoms with Crippen LogP contribution >= 0.6 is 0 Å². The van der Waals surface area contributed by atoms with Crippen molar-refractivity contribution >= 4 is 22.1 Å². The van der Waals surface area contributed by atoms with Crippen molar-refractivity contribution in [1.29, 1.82) is 0 Å². The number of H-pyrrole nitrogens is 1. The molecule has 4 aromatic heterocycles. The highest BCUT2D eigenvalue weighted by Crippen LogP contribution is 2.28. The van der Waals surface area contributed by atoms with E-state index in [0.29, 0.717) is 22.9 Å². The summed E-state index contributed by atoms with van der Waals surface area (Å²) in [5.41, 5.74) is 5.25. The molecule has 2 aromatic carbocycles. The lowest BCUT2D eigenvalue weighted by Crippen LogP contribution is -2.11. The minimum atomic E-state index is -0.193. The number of fused-ring (bicyclic) bond motifs is 2. The second kappa shape index (κ2) is 7.49. The zero-order valence-corrected chi connectivity index (χ0v) is 17.7. The average molecular weight is 430 g/mol. The van der Waals surface area contributed by atoms with Gasteiger partial charge in [0.25, 0.3) is 0 Å². The fourth-order valence-corrected chi connectivity index (χ4v) is 3.93. The number of nitrogens with zero attached hydrogens (tertiary/aromatic N) is 5. The zero-order chi connectivity index (χ0) is 22.4. The van der Waals surface area contributed by atoms with E-state index < -0.39 is 0 Å². The van der Waals surface area contributed by atoms with Gasteiger partial charge < -0.3 is 4.98 Å². The normalized spacial score (nSPS) is 11.3. The van der Waals surface area contributed by atoms with Gasteiger partial charge in [0, 0.05) is 29.4 Å². The summed E-state index contributed by atoms with van der Waals surface area (Å²) >= 11 is 0. The van der Waals surface area contributed by atoms with Gasteiger partial charge in [-0.3, -0.25) is 9.78 Å². The number of pyridine rings is 2.